The number of aromatic amines is 1. The maximum absolute atomic E-state index is 12.2. The molecular formula is C18H19N3O2. The summed E-state index contributed by atoms with van der Waals surface area (Å²) in [6.07, 6.45) is 7.21. The standard InChI is InChI=1S/C18H19N3O2/c22-17(19-10-13-8-11-5-6-12(13)7-11)9-16-14-3-1-2-4-15(14)18(23)21-20-16/h1-6,11-13H,7-10H2,(H,19,22)(H,21,23)/t11-,12-,13-/m0/s1. The molecule has 1 heterocycles. The highest BCUT2D eigenvalue weighted by Gasteiger charge is 2.35. The van der Waals surface area contributed by atoms with Crippen molar-refractivity contribution in [2.75, 3.05) is 6.54 Å². The number of hydrogen-bond acceptors (Lipinski definition) is 3. The van der Waals surface area contributed by atoms with Crippen molar-refractivity contribution in [1.29, 1.82) is 0 Å². The number of hydrogen-bond donors (Lipinski definition) is 2. The van der Waals surface area contributed by atoms with Crippen molar-refractivity contribution >= 4 is 16.7 Å². The van der Waals surface area contributed by atoms with Gasteiger partial charge in [-0.05, 0) is 36.7 Å². The second-order valence-corrected chi connectivity index (χ2v) is 6.57. The molecule has 0 aliphatic heterocycles. The molecule has 0 spiro atoms. The van der Waals surface area contributed by atoms with Crippen molar-refractivity contribution < 1.29 is 4.79 Å². The molecule has 0 saturated heterocycles. The minimum Gasteiger partial charge on any atom is -0.355 e. The Morgan fingerprint density at radius 2 is 2.04 bits per heavy atom. The summed E-state index contributed by atoms with van der Waals surface area (Å²) in [5, 5.41) is 10.9. The van der Waals surface area contributed by atoms with Gasteiger partial charge in [0.05, 0.1) is 17.5 Å². The molecule has 2 aliphatic rings. The third-order valence-electron chi connectivity index (χ3n) is 5.08. The fraction of sp³-hybridized carbons (Fsp3) is 0.389. The average molecular weight is 309 g/mol. The Bertz CT molecular complexity index is 840. The zero-order chi connectivity index (χ0) is 15.8. The number of benzene rings is 1. The largest absolute Gasteiger partial charge is 0.355 e. The quantitative estimate of drug-likeness (QED) is 0.846. The number of nitrogens with one attached hydrogen (secondary N) is 2. The van der Waals surface area contributed by atoms with Gasteiger partial charge in [0.15, 0.2) is 0 Å². The van der Waals surface area contributed by atoms with Crippen molar-refractivity contribution in [2.24, 2.45) is 17.8 Å². The van der Waals surface area contributed by atoms with Gasteiger partial charge in [-0.25, -0.2) is 5.10 Å². The fourth-order valence-corrected chi connectivity index (χ4v) is 3.90. The minimum atomic E-state index is -0.224. The van der Waals surface area contributed by atoms with Crippen LogP contribution in [-0.2, 0) is 11.2 Å². The van der Waals surface area contributed by atoms with E-state index in [1.807, 2.05) is 18.2 Å². The number of carbonyl (C=O) groups is 1. The first kappa shape index (κ1) is 14.2. The molecule has 1 aromatic heterocycles. The number of nitrogens with zero attached hydrogens (tertiary/aromatic N) is 1. The summed E-state index contributed by atoms with van der Waals surface area (Å²) in [4.78, 5) is 24.0. The van der Waals surface area contributed by atoms with Crippen molar-refractivity contribution in [2.45, 2.75) is 19.3 Å². The van der Waals surface area contributed by atoms with Crippen LogP contribution in [0.1, 0.15) is 18.5 Å². The molecule has 118 valence electrons. The zero-order valence-corrected chi connectivity index (χ0v) is 12.8. The molecule has 1 amide bonds. The van der Waals surface area contributed by atoms with E-state index in [0.717, 1.165) is 11.9 Å². The summed E-state index contributed by atoms with van der Waals surface area (Å²) in [5.41, 5.74) is 0.393. The summed E-state index contributed by atoms with van der Waals surface area (Å²) in [5.74, 6) is 1.87. The SMILES string of the molecule is O=C(Cc1n[nH]c(=O)c2ccccc12)NC[C@@H]1C[C@H]2C=C[C@H]1C2. The van der Waals surface area contributed by atoms with Crippen LogP contribution in [0.25, 0.3) is 10.8 Å². The number of H-pyrrole nitrogens is 1. The van der Waals surface area contributed by atoms with Crippen LogP contribution in [0.3, 0.4) is 0 Å². The van der Waals surface area contributed by atoms with Crippen LogP contribution in [0.4, 0.5) is 0 Å². The van der Waals surface area contributed by atoms with E-state index in [4.69, 9.17) is 0 Å². The number of carbonyl (C=O) groups excluding carboxylic acids is 1. The number of amides is 1. The summed E-state index contributed by atoms with van der Waals surface area (Å²) in [6.45, 7) is 0.728. The van der Waals surface area contributed by atoms with E-state index in [9.17, 15) is 9.59 Å². The average Bonchev–Trinajstić information content (AvgIpc) is 3.19. The third kappa shape index (κ3) is 2.67. The Morgan fingerprint density at radius 1 is 1.22 bits per heavy atom. The van der Waals surface area contributed by atoms with Crippen LogP contribution in [-0.4, -0.2) is 22.6 Å². The molecule has 1 aromatic carbocycles. The van der Waals surface area contributed by atoms with E-state index < -0.39 is 0 Å². The van der Waals surface area contributed by atoms with Crippen molar-refractivity contribution in [3.8, 4) is 0 Å². The van der Waals surface area contributed by atoms with Gasteiger partial charge < -0.3 is 5.32 Å². The van der Waals surface area contributed by atoms with Gasteiger partial charge >= 0.3 is 0 Å². The normalized spacial score (nSPS) is 25.1. The topological polar surface area (TPSA) is 74.8 Å². The van der Waals surface area contributed by atoms with E-state index in [1.165, 1.54) is 12.8 Å². The highest BCUT2D eigenvalue weighted by molar-refractivity contribution is 5.88. The first-order valence-electron chi connectivity index (χ1n) is 8.12. The molecule has 23 heavy (non-hydrogen) atoms. The van der Waals surface area contributed by atoms with E-state index in [0.29, 0.717) is 28.8 Å². The molecule has 4 rings (SSSR count). The third-order valence-corrected chi connectivity index (χ3v) is 5.08. The molecule has 2 aliphatic carbocycles. The molecule has 3 atom stereocenters. The summed E-state index contributed by atoms with van der Waals surface area (Å²) < 4.78 is 0. The van der Waals surface area contributed by atoms with Gasteiger partial charge in [0.1, 0.15) is 0 Å². The number of allylic oxidation sites excluding steroid dienone is 2. The van der Waals surface area contributed by atoms with Gasteiger partial charge in [-0.3, -0.25) is 9.59 Å². The smallest absolute Gasteiger partial charge is 0.272 e. The van der Waals surface area contributed by atoms with Gasteiger partial charge in [0.25, 0.3) is 5.56 Å². The summed E-state index contributed by atoms with van der Waals surface area (Å²) in [6, 6.07) is 7.25. The monoisotopic (exact) mass is 309 g/mol. The fourth-order valence-electron chi connectivity index (χ4n) is 3.90. The van der Waals surface area contributed by atoms with Crippen molar-refractivity contribution in [3.05, 3.63) is 52.5 Å². The van der Waals surface area contributed by atoms with Gasteiger partial charge in [0, 0.05) is 11.9 Å². The Hall–Kier alpha value is -2.43. The van der Waals surface area contributed by atoms with Crippen LogP contribution in [0.15, 0.2) is 41.2 Å². The summed E-state index contributed by atoms with van der Waals surface area (Å²) >= 11 is 0. The van der Waals surface area contributed by atoms with E-state index >= 15 is 0 Å². The molecule has 1 saturated carbocycles. The lowest BCUT2D eigenvalue weighted by Gasteiger charge is -2.18. The molecule has 2 bridgehead atoms. The highest BCUT2D eigenvalue weighted by atomic mass is 16.1. The summed E-state index contributed by atoms with van der Waals surface area (Å²) in [7, 11) is 0. The molecular weight excluding hydrogens is 290 g/mol. The molecule has 2 N–H and O–H groups in total. The van der Waals surface area contributed by atoms with Crippen LogP contribution >= 0.6 is 0 Å². The number of rotatable bonds is 4. The van der Waals surface area contributed by atoms with E-state index in [2.05, 4.69) is 27.7 Å². The Labute approximate surface area is 133 Å². The van der Waals surface area contributed by atoms with Crippen LogP contribution in [0, 0.1) is 17.8 Å². The first-order valence-corrected chi connectivity index (χ1v) is 8.12. The first-order chi connectivity index (χ1) is 11.2. The predicted molar refractivity (Wildman–Crippen MR) is 87.9 cm³/mol. The minimum absolute atomic E-state index is 0.0403. The second kappa shape index (κ2) is 5.65. The second-order valence-electron chi connectivity index (χ2n) is 6.57. The Kier molecular flexibility index (Phi) is 3.48. The Balaban J connectivity index is 1.44. The molecule has 0 unspecified atom stereocenters. The zero-order valence-electron chi connectivity index (χ0n) is 12.8. The van der Waals surface area contributed by atoms with E-state index in [1.54, 1.807) is 6.07 Å². The lowest BCUT2D eigenvalue weighted by Crippen LogP contribution is -2.32. The van der Waals surface area contributed by atoms with Gasteiger partial charge in [-0.15, -0.1) is 0 Å². The van der Waals surface area contributed by atoms with Crippen molar-refractivity contribution in [1.82, 2.24) is 15.5 Å². The predicted octanol–water partition coefficient (Wildman–Crippen LogP) is 1.79. The molecule has 5 heteroatoms. The molecule has 2 aromatic rings. The van der Waals surface area contributed by atoms with Crippen molar-refractivity contribution in [3.63, 3.8) is 0 Å². The van der Waals surface area contributed by atoms with Gasteiger partial charge in [-0.2, -0.15) is 5.10 Å². The van der Waals surface area contributed by atoms with E-state index in [-0.39, 0.29) is 17.9 Å². The lowest BCUT2D eigenvalue weighted by molar-refractivity contribution is -0.120. The molecule has 5 nitrogen and oxygen atoms in total. The van der Waals surface area contributed by atoms with Crippen LogP contribution < -0.4 is 10.9 Å². The lowest BCUT2D eigenvalue weighted by atomic mass is 9.93. The number of fused-ring (bicyclic) bond motifs is 3. The highest BCUT2D eigenvalue weighted by Crippen LogP contribution is 2.42. The van der Waals surface area contributed by atoms with Gasteiger partial charge in [0.2, 0.25) is 5.91 Å². The van der Waals surface area contributed by atoms with Crippen LogP contribution in [0.5, 0.6) is 0 Å². The number of aromatic nitrogens is 2. The molecule has 0 radical (unpaired) electrons. The van der Waals surface area contributed by atoms with Crippen LogP contribution in [0.2, 0.25) is 0 Å². The molecule has 1 fully saturated rings. The Morgan fingerprint density at radius 3 is 2.78 bits per heavy atom. The maximum atomic E-state index is 12.2. The maximum Gasteiger partial charge on any atom is 0.272 e. The van der Waals surface area contributed by atoms with Gasteiger partial charge in [-0.1, -0.05) is 30.4 Å².